The second kappa shape index (κ2) is 12.2. The van der Waals surface area contributed by atoms with E-state index in [-0.39, 0.29) is 18.6 Å². The lowest BCUT2D eigenvalue weighted by molar-refractivity contribution is -0.375. The third-order valence-corrected chi connectivity index (χ3v) is 5.52. The molecule has 7 N–H and O–H groups in total. The van der Waals surface area contributed by atoms with Crippen molar-refractivity contribution in [3.8, 4) is 12.3 Å². The van der Waals surface area contributed by atoms with Gasteiger partial charge in [-0.2, -0.15) is 0 Å². The number of hydrogen-bond acceptors (Lipinski definition) is 11. The van der Waals surface area contributed by atoms with Crippen LogP contribution in [-0.4, -0.2) is 110 Å². The normalized spacial score (nSPS) is 41.0. The first-order chi connectivity index (χ1) is 14.7. The average Bonchev–Trinajstić information content (AvgIpc) is 2.76. The second-order valence-electron chi connectivity index (χ2n) is 7.84. The molecule has 2 heterocycles. The van der Waals surface area contributed by atoms with Gasteiger partial charge in [-0.25, -0.2) is 0 Å². The van der Waals surface area contributed by atoms with Gasteiger partial charge in [0.05, 0.1) is 12.7 Å². The van der Waals surface area contributed by atoms with Crippen LogP contribution in [0.25, 0.3) is 0 Å². The first kappa shape index (κ1) is 26.1. The molecule has 178 valence electrons. The number of carbonyl (C=O) groups excluding carboxylic acids is 1. The fourth-order valence-corrected chi connectivity index (χ4v) is 3.56. The van der Waals surface area contributed by atoms with Crippen LogP contribution in [0.5, 0.6) is 0 Å². The van der Waals surface area contributed by atoms with Gasteiger partial charge < -0.3 is 50.0 Å². The van der Waals surface area contributed by atoms with E-state index < -0.39 is 68.0 Å². The van der Waals surface area contributed by atoms with Crippen LogP contribution in [-0.2, 0) is 19.0 Å². The largest absolute Gasteiger partial charge is 0.394 e. The van der Waals surface area contributed by atoms with Crippen LogP contribution in [0.15, 0.2) is 0 Å². The van der Waals surface area contributed by atoms with Gasteiger partial charge in [-0.3, -0.25) is 4.79 Å². The van der Waals surface area contributed by atoms with Crippen LogP contribution < -0.4 is 0 Å². The zero-order valence-corrected chi connectivity index (χ0v) is 17.1. The summed E-state index contributed by atoms with van der Waals surface area (Å²) in [7, 11) is 0. The van der Waals surface area contributed by atoms with Gasteiger partial charge in [-0.15, -0.1) is 12.3 Å². The van der Waals surface area contributed by atoms with Gasteiger partial charge in [-0.05, 0) is 19.3 Å². The minimum absolute atomic E-state index is 0.0491. The SMILES string of the molecule is C#CCCCCC(=O)CCC1O[C@H](O[C@H]2OC(CO)[C@@H](O)C(O)[C@H]2O)C(O)[C@@H](O)[C@@H]1O. The highest BCUT2D eigenvalue weighted by Gasteiger charge is 2.49. The summed E-state index contributed by atoms with van der Waals surface area (Å²) in [6.45, 7) is -0.674. The molecule has 0 radical (unpaired) electrons. The summed E-state index contributed by atoms with van der Waals surface area (Å²) in [4.78, 5) is 12.0. The monoisotopic (exact) mass is 448 g/mol. The van der Waals surface area contributed by atoms with Crippen molar-refractivity contribution in [2.45, 2.75) is 99.9 Å². The molecule has 4 unspecified atom stereocenters. The third-order valence-electron chi connectivity index (χ3n) is 5.52. The standard InChI is InChI=1S/C20H32O11/c1-2-3-4-5-6-10(22)7-8-11-13(23)15(25)17(27)19(29-11)31-20-18(28)16(26)14(24)12(9-21)30-20/h1,11-21,23-28H,3-9H2/t11?,12?,13-,14-,15+,16?,17?,18-,19-,20-/m1/s1. The summed E-state index contributed by atoms with van der Waals surface area (Å²) in [5, 5.41) is 69.5. The van der Waals surface area contributed by atoms with Crippen molar-refractivity contribution in [2.75, 3.05) is 6.61 Å². The number of ketones is 1. The lowest BCUT2D eigenvalue weighted by Crippen LogP contribution is -2.63. The topological polar surface area (TPSA) is 186 Å². The van der Waals surface area contributed by atoms with Crippen molar-refractivity contribution in [3.63, 3.8) is 0 Å². The van der Waals surface area contributed by atoms with Gasteiger partial charge in [0.1, 0.15) is 48.5 Å². The quantitative estimate of drug-likeness (QED) is 0.135. The summed E-state index contributed by atoms with van der Waals surface area (Å²) < 4.78 is 16.1. The second-order valence-corrected chi connectivity index (χ2v) is 7.84. The number of carbonyl (C=O) groups is 1. The number of terminal acetylenes is 1. The van der Waals surface area contributed by atoms with E-state index in [4.69, 9.17) is 20.6 Å². The van der Waals surface area contributed by atoms with Crippen molar-refractivity contribution in [3.05, 3.63) is 0 Å². The van der Waals surface area contributed by atoms with Crippen LogP contribution in [0.1, 0.15) is 38.5 Å². The van der Waals surface area contributed by atoms with Crippen molar-refractivity contribution in [1.29, 1.82) is 0 Å². The predicted octanol–water partition coefficient (Wildman–Crippen LogP) is -2.85. The average molecular weight is 448 g/mol. The Kier molecular flexibility index (Phi) is 10.2. The number of ether oxygens (including phenoxy) is 3. The number of aliphatic hydroxyl groups is 7. The molecule has 0 spiro atoms. The van der Waals surface area contributed by atoms with Crippen LogP contribution >= 0.6 is 0 Å². The Labute approximate surface area is 180 Å². The molecule has 0 amide bonds. The van der Waals surface area contributed by atoms with Gasteiger partial charge in [-0.1, -0.05) is 0 Å². The van der Waals surface area contributed by atoms with E-state index in [2.05, 4.69) is 5.92 Å². The van der Waals surface area contributed by atoms with Gasteiger partial charge in [0.15, 0.2) is 12.6 Å². The molecule has 0 aromatic carbocycles. The molecule has 31 heavy (non-hydrogen) atoms. The van der Waals surface area contributed by atoms with Crippen molar-refractivity contribution in [1.82, 2.24) is 0 Å². The maximum Gasteiger partial charge on any atom is 0.189 e. The van der Waals surface area contributed by atoms with Gasteiger partial charge in [0.25, 0.3) is 0 Å². The number of unbranched alkanes of at least 4 members (excludes halogenated alkanes) is 2. The number of hydrogen-bond donors (Lipinski definition) is 7. The Morgan fingerprint density at radius 1 is 0.806 bits per heavy atom. The number of Topliss-reactive ketones (excluding diaryl/α,β-unsaturated/α-hetero) is 1. The Morgan fingerprint density at radius 3 is 1.90 bits per heavy atom. The lowest BCUT2D eigenvalue weighted by Gasteiger charge is -2.44. The summed E-state index contributed by atoms with van der Waals surface area (Å²) in [5.41, 5.74) is 0. The highest BCUT2D eigenvalue weighted by molar-refractivity contribution is 5.78. The predicted molar refractivity (Wildman–Crippen MR) is 103 cm³/mol. The van der Waals surface area contributed by atoms with Gasteiger partial charge >= 0.3 is 0 Å². The van der Waals surface area contributed by atoms with E-state index in [1.54, 1.807) is 0 Å². The molecule has 2 aliphatic heterocycles. The maximum absolute atomic E-state index is 12.0. The molecule has 0 aliphatic carbocycles. The Morgan fingerprint density at radius 2 is 1.35 bits per heavy atom. The van der Waals surface area contributed by atoms with Gasteiger partial charge in [0, 0.05) is 19.3 Å². The van der Waals surface area contributed by atoms with E-state index in [1.165, 1.54) is 0 Å². The van der Waals surface area contributed by atoms with E-state index in [9.17, 15) is 40.5 Å². The van der Waals surface area contributed by atoms with Crippen LogP contribution in [0.3, 0.4) is 0 Å². The first-order valence-corrected chi connectivity index (χ1v) is 10.3. The minimum atomic E-state index is -1.74. The zero-order chi connectivity index (χ0) is 23.1. The summed E-state index contributed by atoms with van der Waals surface area (Å²) in [6, 6.07) is 0. The van der Waals surface area contributed by atoms with Crippen LogP contribution in [0, 0.1) is 12.3 Å². The molecule has 0 bridgehead atoms. The molecule has 0 saturated carbocycles. The maximum atomic E-state index is 12.0. The van der Waals surface area contributed by atoms with E-state index >= 15 is 0 Å². The Bertz CT molecular complexity index is 606. The summed E-state index contributed by atoms with van der Waals surface area (Å²) in [6.07, 6.45) is -7.83. The highest BCUT2D eigenvalue weighted by atomic mass is 16.8. The minimum Gasteiger partial charge on any atom is -0.394 e. The zero-order valence-electron chi connectivity index (χ0n) is 17.1. The fraction of sp³-hybridized carbons (Fsp3) is 0.850. The van der Waals surface area contributed by atoms with E-state index in [1.807, 2.05) is 0 Å². The molecular weight excluding hydrogens is 416 g/mol. The molecule has 0 aromatic rings. The van der Waals surface area contributed by atoms with Crippen molar-refractivity contribution < 1.29 is 54.8 Å². The highest BCUT2D eigenvalue weighted by Crippen LogP contribution is 2.29. The Balaban J connectivity index is 1.94. The lowest BCUT2D eigenvalue weighted by atomic mass is 9.94. The molecule has 11 heteroatoms. The third kappa shape index (κ3) is 6.66. The van der Waals surface area contributed by atoms with Crippen LogP contribution in [0.2, 0.25) is 0 Å². The Hall–Kier alpha value is -1.17. The van der Waals surface area contributed by atoms with Crippen molar-refractivity contribution >= 4 is 5.78 Å². The summed E-state index contributed by atoms with van der Waals surface area (Å²) >= 11 is 0. The first-order valence-electron chi connectivity index (χ1n) is 10.3. The molecule has 2 fully saturated rings. The molecule has 11 nitrogen and oxygen atoms in total. The van der Waals surface area contributed by atoms with E-state index in [0.717, 1.165) is 6.42 Å². The molecule has 2 aliphatic rings. The van der Waals surface area contributed by atoms with Crippen LogP contribution in [0.4, 0.5) is 0 Å². The summed E-state index contributed by atoms with van der Waals surface area (Å²) in [5.74, 6) is 2.42. The van der Waals surface area contributed by atoms with Crippen molar-refractivity contribution in [2.24, 2.45) is 0 Å². The fourth-order valence-electron chi connectivity index (χ4n) is 3.56. The number of aliphatic hydroxyl groups excluding tert-OH is 7. The molecule has 2 rings (SSSR count). The van der Waals surface area contributed by atoms with Gasteiger partial charge in [0.2, 0.25) is 0 Å². The smallest absolute Gasteiger partial charge is 0.189 e. The molecule has 10 atom stereocenters. The molecule has 2 saturated heterocycles. The number of rotatable bonds is 10. The molecular formula is C20H32O11. The molecule has 0 aromatic heterocycles. The van der Waals surface area contributed by atoms with E-state index in [0.29, 0.717) is 19.3 Å².